The van der Waals surface area contributed by atoms with Gasteiger partial charge in [0.2, 0.25) is 0 Å². The number of rotatable bonds is 0. The van der Waals surface area contributed by atoms with Crippen molar-refractivity contribution in [1.82, 2.24) is 4.98 Å². The molecule has 0 N–H and O–H groups in total. The molecule has 1 heterocycles. The van der Waals surface area contributed by atoms with Crippen molar-refractivity contribution in [2.75, 3.05) is 0 Å². The normalized spacial score (nSPS) is 9.07. The van der Waals surface area contributed by atoms with Gasteiger partial charge in [0.05, 0.1) is 0 Å². The SMILES string of the molecule is [O]c1ccc(C#Cc2ccccc2)cn1. The van der Waals surface area contributed by atoms with E-state index in [9.17, 15) is 5.11 Å². The van der Waals surface area contributed by atoms with Crippen LogP contribution >= 0.6 is 0 Å². The van der Waals surface area contributed by atoms with Gasteiger partial charge < -0.3 is 0 Å². The molecule has 0 atom stereocenters. The largest absolute Gasteiger partial charge is 0.269 e. The van der Waals surface area contributed by atoms with Gasteiger partial charge in [-0.1, -0.05) is 30.0 Å². The standard InChI is InChI=1S/C13H8NO/c15-13-9-8-12(10-14-13)7-6-11-4-2-1-3-5-11/h1-5,8-10H. The van der Waals surface area contributed by atoms with Gasteiger partial charge in [-0.25, -0.2) is 4.98 Å². The molecule has 0 aliphatic heterocycles. The minimum atomic E-state index is -0.236. The number of nitrogens with zero attached hydrogens (tertiary/aromatic N) is 1. The zero-order valence-corrected chi connectivity index (χ0v) is 7.97. The Bertz CT molecular complexity index is 492. The van der Waals surface area contributed by atoms with Gasteiger partial charge in [-0.3, -0.25) is 5.11 Å². The van der Waals surface area contributed by atoms with E-state index in [1.807, 2.05) is 30.3 Å². The lowest BCUT2D eigenvalue weighted by Gasteiger charge is -1.89. The molecule has 71 valence electrons. The van der Waals surface area contributed by atoms with Gasteiger partial charge >= 0.3 is 0 Å². The molecule has 0 spiro atoms. The van der Waals surface area contributed by atoms with Crippen LogP contribution in [0.4, 0.5) is 0 Å². The average molecular weight is 194 g/mol. The predicted molar refractivity (Wildman–Crippen MR) is 56.8 cm³/mol. The van der Waals surface area contributed by atoms with Crippen LogP contribution in [0.2, 0.25) is 0 Å². The number of aromatic nitrogens is 1. The molecule has 0 bridgehead atoms. The maximum Gasteiger partial charge on any atom is 0.269 e. The van der Waals surface area contributed by atoms with E-state index in [4.69, 9.17) is 0 Å². The number of hydrogen-bond donors (Lipinski definition) is 0. The van der Waals surface area contributed by atoms with Gasteiger partial charge in [0.15, 0.2) is 0 Å². The fourth-order valence-electron chi connectivity index (χ4n) is 1.12. The van der Waals surface area contributed by atoms with Crippen LogP contribution in [0.25, 0.3) is 0 Å². The first-order chi connectivity index (χ1) is 7.34. The Hall–Kier alpha value is -2.27. The zero-order chi connectivity index (χ0) is 10.5. The van der Waals surface area contributed by atoms with Crippen LogP contribution in [-0.4, -0.2) is 4.98 Å². The van der Waals surface area contributed by atoms with E-state index < -0.39 is 0 Å². The van der Waals surface area contributed by atoms with Crippen LogP contribution in [0, 0.1) is 11.8 Å². The first-order valence-electron chi connectivity index (χ1n) is 4.55. The Kier molecular flexibility index (Phi) is 2.66. The quantitative estimate of drug-likeness (QED) is 0.593. The summed E-state index contributed by atoms with van der Waals surface area (Å²) in [5, 5.41) is 10.7. The molecule has 0 amide bonds. The number of benzene rings is 1. The van der Waals surface area contributed by atoms with Crippen molar-refractivity contribution in [2.45, 2.75) is 0 Å². The van der Waals surface area contributed by atoms with Crippen LogP contribution in [-0.2, 0) is 5.11 Å². The molecular weight excluding hydrogens is 186 g/mol. The summed E-state index contributed by atoms with van der Waals surface area (Å²) in [4.78, 5) is 3.63. The first-order valence-corrected chi connectivity index (χ1v) is 4.55. The summed E-state index contributed by atoms with van der Waals surface area (Å²) in [6.45, 7) is 0. The highest BCUT2D eigenvalue weighted by Crippen LogP contribution is 2.04. The molecule has 0 aliphatic rings. The molecule has 2 aromatic rings. The van der Waals surface area contributed by atoms with E-state index in [1.54, 1.807) is 6.07 Å². The second kappa shape index (κ2) is 4.30. The minimum Gasteiger partial charge on any atom is -0.267 e. The molecule has 2 nitrogen and oxygen atoms in total. The van der Waals surface area contributed by atoms with E-state index >= 15 is 0 Å². The molecule has 1 aromatic heterocycles. The second-order valence-electron chi connectivity index (χ2n) is 3.00. The van der Waals surface area contributed by atoms with Crippen LogP contribution in [0.3, 0.4) is 0 Å². The Morgan fingerprint density at radius 3 is 2.27 bits per heavy atom. The number of pyridine rings is 1. The molecule has 0 unspecified atom stereocenters. The van der Waals surface area contributed by atoms with Gasteiger partial charge in [0.25, 0.3) is 5.88 Å². The van der Waals surface area contributed by atoms with Gasteiger partial charge in [-0.05, 0) is 18.2 Å². The molecule has 1 radical (unpaired) electrons. The lowest BCUT2D eigenvalue weighted by atomic mass is 10.2. The van der Waals surface area contributed by atoms with E-state index in [0.717, 1.165) is 11.1 Å². The predicted octanol–water partition coefficient (Wildman–Crippen LogP) is 2.63. The lowest BCUT2D eigenvalue weighted by molar-refractivity contribution is 0.337. The summed E-state index contributed by atoms with van der Waals surface area (Å²) < 4.78 is 0. The zero-order valence-electron chi connectivity index (χ0n) is 7.97. The van der Waals surface area contributed by atoms with Crippen LogP contribution in [0.1, 0.15) is 11.1 Å². The Labute approximate surface area is 88.2 Å². The summed E-state index contributed by atoms with van der Waals surface area (Å²) in [5.74, 6) is 5.69. The van der Waals surface area contributed by atoms with Gasteiger partial charge in [-0.2, -0.15) is 0 Å². The summed E-state index contributed by atoms with van der Waals surface area (Å²) in [6.07, 6.45) is 1.48. The lowest BCUT2D eigenvalue weighted by Crippen LogP contribution is -1.77. The highest BCUT2D eigenvalue weighted by molar-refractivity contribution is 5.41. The molecule has 0 saturated carbocycles. The maximum absolute atomic E-state index is 10.7. The van der Waals surface area contributed by atoms with Crippen molar-refractivity contribution in [3.8, 4) is 17.7 Å². The van der Waals surface area contributed by atoms with Crippen molar-refractivity contribution >= 4 is 0 Å². The molecule has 0 fully saturated rings. The average Bonchev–Trinajstić information content (AvgIpc) is 2.30. The van der Waals surface area contributed by atoms with Crippen molar-refractivity contribution in [3.63, 3.8) is 0 Å². The van der Waals surface area contributed by atoms with E-state index in [0.29, 0.717) is 0 Å². The van der Waals surface area contributed by atoms with E-state index in [2.05, 4.69) is 16.8 Å². The molecule has 15 heavy (non-hydrogen) atoms. The molecule has 2 rings (SSSR count). The minimum absolute atomic E-state index is 0.236. The van der Waals surface area contributed by atoms with Crippen LogP contribution in [0.15, 0.2) is 48.7 Å². The van der Waals surface area contributed by atoms with Crippen molar-refractivity contribution in [2.24, 2.45) is 0 Å². The molecule has 0 aliphatic carbocycles. The highest BCUT2D eigenvalue weighted by atomic mass is 16.3. The Morgan fingerprint density at radius 2 is 1.60 bits per heavy atom. The first kappa shape index (κ1) is 9.29. The molecule has 1 aromatic carbocycles. The topological polar surface area (TPSA) is 32.8 Å². The molecule has 2 heteroatoms. The smallest absolute Gasteiger partial charge is 0.267 e. The Balaban J connectivity index is 2.22. The Morgan fingerprint density at radius 1 is 0.867 bits per heavy atom. The van der Waals surface area contributed by atoms with Crippen molar-refractivity contribution in [3.05, 3.63) is 59.8 Å². The van der Waals surface area contributed by atoms with Crippen molar-refractivity contribution in [1.29, 1.82) is 0 Å². The van der Waals surface area contributed by atoms with Gasteiger partial charge in [0.1, 0.15) is 0 Å². The summed E-state index contributed by atoms with van der Waals surface area (Å²) in [5.41, 5.74) is 1.70. The summed E-state index contributed by atoms with van der Waals surface area (Å²) in [6, 6.07) is 12.8. The second-order valence-corrected chi connectivity index (χ2v) is 3.00. The van der Waals surface area contributed by atoms with Gasteiger partial charge in [0, 0.05) is 23.4 Å². The molecular formula is C13H8NO. The highest BCUT2D eigenvalue weighted by Gasteiger charge is 1.90. The third-order valence-electron chi connectivity index (χ3n) is 1.86. The van der Waals surface area contributed by atoms with Crippen molar-refractivity contribution < 1.29 is 5.11 Å². The van der Waals surface area contributed by atoms with Crippen LogP contribution in [0.5, 0.6) is 5.88 Å². The third-order valence-corrected chi connectivity index (χ3v) is 1.86. The maximum atomic E-state index is 10.7. The van der Waals surface area contributed by atoms with Gasteiger partial charge in [-0.15, -0.1) is 0 Å². The fraction of sp³-hybridized carbons (Fsp3) is 0. The fourth-order valence-corrected chi connectivity index (χ4v) is 1.12. The summed E-state index contributed by atoms with van der Waals surface area (Å²) >= 11 is 0. The monoisotopic (exact) mass is 194 g/mol. The van der Waals surface area contributed by atoms with Crippen LogP contribution < -0.4 is 0 Å². The third kappa shape index (κ3) is 2.58. The molecule has 0 saturated heterocycles. The number of hydrogen-bond acceptors (Lipinski definition) is 1. The summed E-state index contributed by atoms with van der Waals surface area (Å²) in [7, 11) is 0. The van der Waals surface area contributed by atoms with E-state index in [1.165, 1.54) is 12.3 Å². The van der Waals surface area contributed by atoms with E-state index in [-0.39, 0.29) is 5.88 Å².